The third-order valence-corrected chi connectivity index (χ3v) is 2.42. The van der Waals surface area contributed by atoms with Crippen LogP contribution in [0.1, 0.15) is 12.5 Å². The molecule has 0 aliphatic carbocycles. The summed E-state index contributed by atoms with van der Waals surface area (Å²) in [6.45, 7) is 7.06. The average Bonchev–Trinajstić information content (AvgIpc) is 2.34. The molecular formula is C12H21N3O. The zero-order valence-electron chi connectivity index (χ0n) is 9.93. The maximum Gasteiger partial charge on any atom is 0.0594 e. The molecule has 90 valence electrons. The SMILES string of the molecule is CCN(CCOCCN)Cc1ccncc1. The summed E-state index contributed by atoms with van der Waals surface area (Å²) in [5.74, 6) is 0. The molecular weight excluding hydrogens is 202 g/mol. The average molecular weight is 223 g/mol. The predicted octanol–water partition coefficient (Wildman–Crippen LogP) is 0.879. The number of aromatic nitrogens is 1. The van der Waals surface area contributed by atoms with Crippen molar-refractivity contribution < 1.29 is 4.74 Å². The summed E-state index contributed by atoms with van der Waals surface area (Å²) in [7, 11) is 0. The van der Waals surface area contributed by atoms with E-state index in [2.05, 4.69) is 16.8 Å². The van der Waals surface area contributed by atoms with Gasteiger partial charge in [0.1, 0.15) is 0 Å². The summed E-state index contributed by atoms with van der Waals surface area (Å²) in [5, 5.41) is 0. The van der Waals surface area contributed by atoms with Gasteiger partial charge in [-0.15, -0.1) is 0 Å². The van der Waals surface area contributed by atoms with E-state index < -0.39 is 0 Å². The van der Waals surface area contributed by atoms with E-state index in [1.807, 2.05) is 24.5 Å². The van der Waals surface area contributed by atoms with Crippen LogP contribution in [0.4, 0.5) is 0 Å². The maximum absolute atomic E-state index is 5.37. The maximum atomic E-state index is 5.37. The Kier molecular flexibility index (Phi) is 6.72. The zero-order valence-corrected chi connectivity index (χ0v) is 9.93. The third kappa shape index (κ3) is 5.21. The largest absolute Gasteiger partial charge is 0.379 e. The number of likely N-dealkylation sites (N-methyl/N-ethyl adjacent to an activating group) is 1. The summed E-state index contributed by atoms with van der Waals surface area (Å²) in [4.78, 5) is 6.35. The van der Waals surface area contributed by atoms with Gasteiger partial charge in [-0.1, -0.05) is 6.92 Å². The van der Waals surface area contributed by atoms with Gasteiger partial charge in [0, 0.05) is 32.0 Å². The molecule has 1 heterocycles. The first-order chi connectivity index (χ1) is 7.86. The molecule has 0 aliphatic rings. The number of hydrogen-bond donors (Lipinski definition) is 1. The fourth-order valence-electron chi connectivity index (χ4n) is 1.47. The van der Waals surface area contributed by atoms with Crippen LogP contribution < -0.4 is 5.73 Å². The molecule has 0 bridgehead atoms. The fourth-order valence-corrected chi connectivity index (χ4v) is 1.47. The van der Waals surface area contributed by atoms with Gasteiger partial charge >= 0.3 is 0 Å². The number of nitrogens with zero attached hydrogens (tertiary/aromatic N) is 2. The molecule has 0 spiro atoms. The predicted molar refractivity (Wildman–Crippen MR) is 65.1 cm³/mol. The molecule has 0 fully saturated rings. The number of hydrogen-bond acceptors (Lipinski definition) is 4. The summed E-state index contributed by atoms with van der Waals surface area (Å²) in [6, 6.07) is 4.09. The number of pyridine rings is 1. The molecule has 1 rings (SSSR count). The minimum absolute atomic E-state index is 0.594. The first-order valence-electron chi connectivity index (χ1n) is 5.76. The second-order valence-electron chi connectivity index (χ2n) is 3.63. The molecule has 1 aromatic heterocycles. The fraction of sp³-hybridized carbons (Fsp3) is 0.583. The van der Waals surface area contributed by atoms with Gasteiger partial charge in [-0.05, 0) is 24.2 Å². The highest BCUT2D eigenvalue weighted by atomic mass is 16.5. The van der Waals surface area contributed by atoms with Crippen molar-refractivity contribution in [2.75, 3.05) is 32.8 Å². The van der Waals surface area contributed by atoms with Crippen molar-refractivity contribution in [3.05, 3.63) is 30.1 Å². The lowest BCUT2D eigenvalue weighted by atomic mass is 10.2. The van der Waals surface area contributed by atoms with Crippen LogP contribution in [0.5, 0.6) is 0 Å². The summed E-state index contributed by atoms with van der Waals surface area (Å²) >= 11 is 0. The highest BCUT2D eigenvalue weighted by Gasteiger charge is 2.02. The Morgan fingerprint density at radius 1 is 1.31 bits per heavy atom. The van der Waals surface area contributed by atoms with Crippen molar-refractivity contribution in [2.24, 2.45) is 5.73 Å². The Morgan fingerprint density at radius 3 is 2.69 bits per heavy atom. The smallest absolute Gasteiger partial charge is 0.0594 e. The van der Waals surface area contributed by atoms with Crippen molar-refractivity contribution in [3.63, 3.8) is 0 Å². The second-order valence-corrected chi connectivity index (χ2v) is 3.63. The highest BCUT2D eigenvalue weighted by Crippen LogP contribution is 2.02. The second kappa shape index (κ2) is 8.21. The van der Waals surface area contributed by atoms with Crippen LogP contribution in [0.2, 0.25) is 0 Å². The molecule has 0 radical (unpaired) electrons. The number of rotatable bonds is 8. The van der Waals surface area contributed by atoms with Gasteiger partial charge in [-0.2, -0.15) is 0 Å². The van der Waals surface area contributed by atoms with Gasteiger partial charge in [-0.3, -0.25) is 9.88 Å². The van der Waals surface area contributed by atoms with E-state index in [9.17, 15) is 0 Å². The molecule has 0 saturated carbocycles. The van der Waals surface area contributed by atoms with E-state index in [1.54, 1.807) is 0 Å². The van der Waals surface area contributed by atoms with Crippen molar-refractivity contribution in [3.8, 4) is 0 Å². The van der Waals surface area contributed by atoms with Crippen LogP contribution in [0.15, 0.2) is 24.5 Å². The molecule has 2 N–H and O–H groups in total. The van der Waals surface area contributed by atoms with Gasteiger partial charge in [0.25, 0.3) is 0 Å². The molecule has 4 nitrogen and oxygen atoms in total. The Labute approximate surface area is 97.4 Å². The summed E-state index contributed by atoms with van der Waals surface area (Å²) < 4.78 is 5.37. The lowest BCUT2D eigenvalue weighted by Gasteiger charge is -2.20. The normalized spacial score (nSPS) is 10.9. The molecule has 16 heavy (non-hydrogen) atoms. The van der Waals surface area contributed by atoms with Crippen molar-refractivity contribution in [1.82, 2.24) is 9.88 Å². The number of nitrogens with two attached hydrogens (primary N) is 1. The Hall–Kier alpha value is -0.970. The summed E-state index contributed by atoms with van der Waals surface area (Å²) in [6.07, 6.45) is 3.65. The van der Waals surface area contributed by atoms with Crippen LogP contribution in [0, 0.1) is 0 Å². The lowest BCUT2D eigenvalue weighted by molar-refractivity contribution is 0.108. The molecule has 1 aromatic rings. The van der Waals surface area contributed by atoms with Gasteiger partial charge in [0.15, 0.2) is 0 Å². The molecule has 0 unspecified atom stereocenters. The van der Waals surface area contributed by atoms with Crippen LogP contribution in [0.25, 0.3) is 0 Å². The van der Waals surface area contributed by atoms with E-state index >= 15 is 0 Å². The summed E-state index contributed by atoms with van der Waals surface area (Å²) in [5.41, 5.74) is 6.64. The standard InChI is InChI=1S/C12H21N3O/c1-2-15(8-10-16-9-5-13)11-12-3-6-14-7-4-12/h3-4,6-7H,2,5,8-11,13H2,1H3. The molecule has 4 heteroatoms. The first-order valence-corrected chi connectivity index (χ1v) is 5.76. The highest BCUT2D eigenvalue weighted by molar-refractivity contribution is 5.09. The molecule has 0 saturated heterocycles. The van der Waals surface area contributed by atoms with Gasteiger partial charge in [0.2, 0.25) is 0 Å². The molecule has 0 amide bonds. The van der Waals surface area contributed by atoms with Crippen LogP contribution in [0.3, 0.4) is 0 Å². The van der Waals surface area contributed by atoms with Crippen LogP contribution in [-0.4, -0.2) is 42.7 Å². The van der Waals surface area contributed by atoms with Crippen molar-refractivity contribution in [2.45, 2.75) is 13.5 Å². The minimum Gasteiger partial charge on any atom is -0.379 e. The molecule has 0 atom stereocenters. The van der Waals surface area contributed by atoms with Gasteiger partial charge < -0.3 is 10.5 Å². The van der Waals surface area contributed by atoms with E-state index in [0.717, 1.165) is 26.2 Å². The van der Waals surface area contributed by atoms with E-state index in [1.165, 1.54) is 5.56 Å². The first kappa shape index (κ1) is 13.1. The van der Waals surface area contributed by atoms with Crippen molar-refractivity contribution >= 4 is 0 Å². The number of ether oxygens (including phenoxy) is 1. The minimum atomic E-state index is 0.594. The Balaban J connectivity index is 2.26. The Morgan fingerprint density at radius 2 is 2.06 bits per heavy atom. The monoisotopic (exact) mass is 223 g/mol. The van der Waals surface area contributed by atoms with Crippen molar-refractivity contribution in [1.29, 1.82) is 0 Å². The zero-order chi connectivity index (χ0) is 11.6. The van der Waals surface area contributed by atoms with Crippen LogP contribution >= 0.6 is 0 Å². The van der Waals surface area contributed by atoms with Gasteiger partial charge in [0.05, 0.1) is 13.2 Å². The van der Waals surface area contributed by atoms with E-state index in [4.69, 9.17) is 10.5 Å². The van der Waals surface area contributed by atoms with E-state index in [-0.39, 0.29) is 0 Å². The molecule has 0 aliphatic heterocycles. The topological polar surface area (TPSA) is 51.4 Å². The van der Waals surface area contributed by atoms with Gasteiger partial charge in [-0.25, -0.2) is 0 Å². The molecule has 0 aromatic carbocycles. The third-order valence-electron chi connectivity index (χ3n) is 2.42. The van der Waals surface area contributed by atoms with Crippen LogP contribution in [-0.2, 0) is 11.3 Å². The quantitative estimate of drug-likeness (QED) is 0.665. The lowest BCUT2D eigenvalue weighted by Crippen LogP contribution is -2.27. The van der Waals surface area contributed by atoms with E-state index in [0.29, 0.717) is 13.2 Å². The Bertz CT molecular complexity index is 266.